The Labute approximate surface area is 226 Å². The molecule has 0 spiro atoms. The predicted molar refractivity (Wildman–Crippen MR) is 148 cm³/mol. The highest BCUT2D eigenvalue weighted by molar-refractivity contribution is 5.94. The molecule has 3 rings (SSSR count). The molecule has 2 aromatic rings. The molecule has 1 N–H and O–H groups in total. The monoisotopic (exact) mass is 523 g/mol. The number of unbranched alkanes of at least 4 members (excludes halogenated alkanes) is 4. The number of hydrogen-bond donors (Lipinski definition) is 1. The molecule has 38 heavy (non-hydrogen) atoms. The zero-order chi connectivity index (χ0) is 27.3. The van der Waals surface area contributed by atoms with Crippen LogP contribution in [-0.4, -0.2) is 45.4 Å². The highest BCUT2D eigenvalue weighted by Crippen LogP contribution is 2.40. The van der Waals surface area contributed by atoms with Crippen LogP contribution in [-0.2, 0) is 9.53 Å². The van der Waals surface area contributed by atoms with E-state index in [1.54, 1.807) is 45.4 Å². The van der Waals surface area contributed by atoms with E-state index in [1.165, 1.54) is 25.7 Å². The van der Waals surface area contributed by atoms with Gasteiger partial charge in [0.05, 0.1) is 33.4 Å². The Morgan fingerprint density at radius 1 is 0.921 bits per heavy atom. The van der Waals surface area contributed by atoms with Gasteiger partial charge in [0.1, 0.15) is 17.2 Å². The average molecular weight is 524 g/mol. The molecule has 0 aliphatic heterocycles. The van der Waals surface area contributed by atoms with E-state index in [0.717, 1.165) is 12.2 Å². The molecule has 0 saturated heterocycles. The van der Waals surface area contributed by atoms with E-state index in [1.807, 2.05) is 30.4 Å². The lowest BCUT2D eigenvalue weighted by Gasteiger charge is -2.24. The SMILES string of the molecule is CCCCCCCOc1ccc(C(=O)N[C@@H]2C=C[C@@H]([C@H](C(=O)OCC)c3cc(OC)ccc3OC)C2)cc1. The van der Waals surface area contributed by atoms with Crippen LogP contribution < -0.4 is 19.5 Å². The van der Waals surface area contributed by atoms with Gasteiger partial charge in [0, 0.05) is 17.2 Å². The quantitative estimate of drug-likeness (QED) is 0.173. The van der Waals surface area contributed by atoms with Crippen LogP contribution in [0.1, 0.15) is 74.2 Å². The van der Waals surface area contributed by atoms with Crippen molar-refractivity contribution in [1.82, 2.24) is 5.32 Å². The standard InChI is InChI=1S/C31H41NO6/c1-5-7-8-9-10-19-38-25-15-12-22(13-16-25)30(33)32-24-14-11-23(20-24)29(31(34)37-6-2)27-21-26(35-3)17-18-28(27)36-4/h11-18,21,23-24,29H,5-10,19-20H2,1-4H3,(H,32,33)/t23-,24-,29+/m1/s1. The normalized spacial score (nSPS) is 17.1. The summed E-state index contributed by atoms with van der Waals surface area (Å²) >= 11 is 0. The minimum absolute atomic E-state index is 0.168. The number of carbonyl (C=O) groups is 2. The van der Waals surface area contributed by atoms with E-state index in [2.05, 4.69) is 12.2 Å². The molecule has 7 heteroatoms. The molecule has 0 aromatic heterocycles. The summed E-state index contributed by atoms with van der Waals surface area (Å²) in [6.45, 7) is 4.95. The molecule has 3 atom stereocenters. The summed E-state index contributed by atoms with van der Waals surface area (Å²) in [5, 5.41) is 3.07. The van der Waals surface area contributed by atoms with Crippen molar-refractivity contribution in [1.29, 1.82) is 0 Å². The van der Waals surface area contributed by atoms with Gasteiger partial charge in [-0.2, -0.15) is 0 Å². The Kier molecular flexibility index (Phi) is 11.5. The van der Waals surface area contributed by atoms with Crippen molar-refractivity contribution in [3.8, 4) is 17.2 Å². The van der Waals surface area contributed by atoms with Crippen LogP contribution in [0.4, 0.5) is 0 Å². The predicted octanol–water partition coefficient (Wildman–Crippen LogP) is 6.07. The minimum Gasteiger partial charge on any atom is -0.497 e. The molecule has 2 aromatic carbocycles. The van der Waals surface area contributed by atoms with Crippen molar-refractivity contribution in [2.75, 3.05) is 27.4 Å². The summed E-state index contributed by atoms with van der Waals surface area (Å²) < 4.78 is 22.2. The van der Waals surface area contributed by atoms with Crippen molar-refractivity contribution in [3.05, 3.63) is 65.7 Å². The van der Waals surface area contributed by atoms with Crippen LogP contribution in [0.25, 0.3) is 0 Å². The number of methoxy groups -OCH3 is 2. The Hall–Kier alpha value is -3.48. The third kappa shape index (κ3) is 8.01. The summed E-state index contributed by atoms with van der Waals surface area (Å²) in [6.07, 6.45) is 10.4. The van der Waals surface area contributed by atoms with Gasteiger partial charge in [-0.05, 0) is 68.1 Å². The molecule has 0 radical (unpaired) electrons. The maximum Gasteiger partial charge on any atom is 0.314 e. The van der Waals surface area contributed by atoms with Crippen molar-refractivity contribution in [2.45, 2.75) is 64.3 Å². The maximum absolute atomic E-state index is 13.1. The molecule has 1 aliphatic carbocycles. The van der Waals surface area contributed by atoms with Gasteiger partial charge in [0.2, 0.25) is 0 Å². The molecule has 0 unspecified atom stereocenters. The van der Waals surface area contributed by atoms with Crippen LogP contribution in [0.5, 0.6) is 17.2 Å². The number of allylic oxidation sites excluding steroid dienone is 1. The zero-order valence-electron chi connectivity index (χ0n) is 23.0. The van der Waals surface area contributed by atoms with E-state index >= 15 is 0 Å². The Balaban J connectivity index is 1.61. The summed E-state index contributed by atoms with van der Waals surface area (Å²) in [6, 6.07) is 12.4. The maximum atomic E-state index is 13.1. The first-order valence-electron chi connectivity index (χ1n) is 13.6. The molecule has 0 fully saturated rings. The van der Waals surface area contributed by atoms with Crippen LogP contribution in [0.3, 0.4) is 0 Å². The fourth-order valence-corrected chi connectivity index (χ4v) is 4.78. The Bertz CT molecular complexity index is 1060. The molecule has 7 nitrogen and oxygen atoms in total. The zero-order valence-corrected chi connectivity index (χ0v) is 23.0. The highest BCUT2D eigenvalue weighted by Gasteiger charge is 2.36. The molecule has 206 valence electrons. The van der Waals surface area contributed by atoms with Crippen LogP contribution >= 0.6 is 0 Å². The molecule has 1 amide bonds. The van der Waals surface area contributed by atoms with Crippen LogP contribution in [0, 0.1) is 5.92 Å². The van der Waals surface area contributed by atoms with Gasteiger partial charge in [0.15, 0.2) is 0 Å². The van der Waals surface area contributed by atoms with Gasteiger partial charge >= 0.3 is 5.97 Å². The molecule has 0 bridgehead atoms. The first kappa shape index (κ1) is 29.1. The van der Waals surface area contributed by atoms with Gasteiger partial charge in [-0.25, -0.2) is 0 Å². The van der Waals surface area contributed by atoms with Gasteiger partial charge in [-0.1, -0.05) is 44.8 Å². The van der Waals surface area contributed by atoms with Crippen molar-refractivity contribution in [2.24, 2.45) is 5.92 Å². The topological polar surface area (TPSA) is 83.1 Å². The first-order chi connectivity index (χ1) is 18.5. The van der Waals surface area contributed by atoms with Crippen molar-refractivity contribution >= 4 is 11.9 Å². The van der Waals surface area contributed by atoms with Crippen molar-refractivity contribution in [3.63, 3.8) is 0 Å². The van der Waals surface area contributed by atoms with Gasteiger partial charge in [-0.15, -0.1) is 0 Å². The minimum atomic E-state index is -0.587. The second kappa shape index (κ2) is 15.1. The largest absolute Gasteiger partial charge is 0.497 e. The Morgan fingerprint density at radius 3 is 2.34 bits per heavy atom. The number of hydrogen-bond acceptors (Lipinski definition) is 6. The molecule has 0 heterocycles. The number of esters is 1. The first-order valence-corrected chi connectivity index (χ1v) is 13.6. The second-order valence-corrected chi connectivity index (χ2v) is 9.49. The van der Waals surface area contributed by atoms with Crippen LogP contribution in [0.15, 0.2) is 54.6 Å². The number of ether oxygens (including phenoxy) is 4. The van der Waals surface area contributed by atoms with Gasteiger partial charge < -0.3 is 24.3 Å². The molecule has 1 aliphatic rings. The van der Waals surface area contributed by atoms with E-state index in [-0.39, 0.29) is 30.4 Å². The summed E-state index contributed by atoms with van der Waals surface area (Å²) in [5.74, 6) is 0.728. The average Bonchev–Trinajstić information content (AvgIpc) is 3.38. The van der Waals surface area contributed by atoms with Gasteiger partial charge in [0.25, 0.3) is 5.91 Å². The molecule has 0 saturated carbocycles. The Morgan fingerprint density at radius 2 is 1.66 bits per heavy atom. The second-order valence-electron chi connectivity index (χ2n) is 9.49. The fourth-order valence-electron chi connectivity index (χ4n) is 4.78. The molecular formula is C31H41NO6. The van der Waals surface area contributed by atoms with E-state index in [4.69, 9.17) is 18.9 Å². The summed E-state index contributed by atoms with van der Waals surface area (Å²) in [7, 11) is 3.16. The lowest BCUT2D eigenvalue weighted by Crippen LogP contribution is -2.33. The third-order valence-electron chi connectivity index (χ3n) is 6.81. The number of nitrogens with one attached hydrogen (secondary N) is 1. The van der Waals surface area contributed by atoms with E-state index in [0.29, 0.717) is 35.7 Å². The lowest BCUT2D eigenvalue weighted by atomic mass is 9.84. The smallest absolute Gasteiger partial charge is 0.314 e. The van der Waals surface area contributed by atoms with Crippen molar-refractivity contribution < 1.29 is 28.5 Å². The number of amides is 1. The fraction of sp³-hybridized carbons (Fsp3) is 0.484. The summed E-state index contributed by atoms with van der Waals surface area (Å²) in [4.78, 5) is 26.0. The third-order valence-corrected chi connectivity index (χ3v) is 6.81. The summed E-state index contributed by atoms with van der Waals surface area (Å²) in [5.41, 5.74) is 1.27. The van der Waals surface area contributed by atoms with E-state index in [9.17, 15) is 9.59 Å². The van der Waals surface area contributed by atoms with Crippen LogP contribution in [0.2, 0.25) is 0 Å². The number of benzene rings is 2. The molecular weight excluding hydrogens is 482 g/mol. The number of rotatable bonds is 15. The lowest BCUT2D eigenvalue weighted by molar-refractivity contribution is -0.146. The number of carbonyl (C=O) groups excluding carboxylic acids is 2. The van der Waals surface area contributed by atoms with Gasteiger partial charge in [-0.3, -0.25) is 9.59 Å². The van der Waals surface area contributed by atoms with E-state index < -0.39 is 5.92 Å². The highest BCUT2D eigenvalue weighted by atomic mass is 16.5.